The molecule has 2 amide bonds. The van der Waals surface area contributed by atoms with E-state index in [-0.39, 0.29) is 17.7 Å². The van der Waals surface area contributed by atoms with Gasteiger partial charge >= 0.3 is 0 Å². The fourth-order valence-electron chi connectivity index (χ4n) is 3.50. The number of aromatic nitrogens is 1. The number of likely N-dealkylation sites (tertiary alicyclic amines) is 1. The highest BCUT2D eigenvalue weighted by atomic mass is 16.5. The van der Waals surface area contributed by atoms with Gasteiger partial charge in [0.1, 0.15) is 5.75 Å². The Balaban J connectivity index is 1.52. The minimum absolute atomic E-state index is 0.0246. The lowest BCUT2D eigenvalue weighted by Crippen LogP contribution is -2.45. The van der Waals surface area contributed by atoms with Crippen LogP contribution in [0.2, 0.25) is 0 Å². The summed E-state index contributed by atoms with van der Waals surface area (Å²) in [5.41, 5.74) is 1.54. The van der Waals surface area contributed by atoms with Crippen molar-refractivity contribution < 1.29 is 14.3 Å². The average molecular weight is 341 g/mol. The first-order valence-corrected chi connectivity index (χ1v) is 8.90. The average Bonchev–Trinajstić information content (AvgIpc) is 3.36. The lowest BCUT2D eigenvalue weighted by Gasteiger charge is -2.32. The van der Waals surface area contributed by atoms with Crippen LogP contribution in [0.4, 0.5) is 0 Å². The molecular formula is C19H23N3O3. The molecule has 1 aromatic carbocycles. The minimum Gasteiger partial charge on any atom is -0.497 e. The van der Waals surface area contributed by atoms with Gasteiger partial charge in [-0.05, 0) is 43.9 Å². The van der Waals surface area contributed by atoms with Crippen molar-refractivity contribution in [1.82, 2.24) is 15.2 Å². The third-order valence-corrected chi connectivity index (χ3v) is 5.12. The van der Waals surface area contributed by atoms with Gasteiger partial charge in [-0.3, -0.25) is 9.59 Å². The summed E-state index contributed by atoms with van der Waals surface area (Å²) in [6.07, 6.45) is 5.63. The molecule has 1 aliphatic carbocycles. The molecule has 1 atom stereocenters. The zero-order valence-corrected chi connectivity index (χ0v) is 14.4. The van der Waals surface area contributed by atoms with Crippen LogP contribution in [0.3, 0.4) is 0 Å². The molecule has 0 spiro atoms. The van der Waals surface area contributed by atoms with E-state index in [2.05, 4.69) is 10.3 Å². The van der Waals surface area contributed by atoms with Crippen molar-refractivity contribution in [2.45, 2.75) is 31.7 Å². The number of amides is 2. The molecule has 1 aliphatic heterocycles. The van der Waals surface area contributed by atoms with Crippen LogP contribution in [0.5, 0.6) is 5.75 Å². The number of aromatic amines is 1. The molecule has 6 nitrogen and oxygen atoms in total. The Bertz CT molecular complexity index is 809. The summed E-state index contributed by atoms with van der Waals surface area (Å²) in [4.78, 5) is 30.3. The molecule has 1 saturated heterocycles. The number of H-pyrrole nitrogens is 1. The van der Waals surface area contributed by atoms with Crippen molar-refractivity contribution in [2.24, 2.45) is 5.92 Å². The van der Waals surface area contributed by atoms with Crippen molar-refractivity contribution in [2.75, 3.05) is 20.2 Å². The summed E-state index contributed by atoms with van der Waals surface area (Å²) in [6, 6.07) is 6.01. The third-order valence-electron chi connectivity index (χ3n) is 5.12. The number of carbonyl (C=O) groups excluding carboxylic acids is 2. The summed E-state index contributed by atoms with van der Waals surface area (Å²) >= 11 is 0. The molecule has 1 unspecified atom stereocenters. The zero-order chi connectivity index (χ0) is 17.4. The second-order valence-corrected chi connectivity index (χ2v) is 6.99. The Morgan fingerprint density at radius 3 is 2.88 bits per heavy atom. The highest BCUT2D eigenvalue weighted by Crippen LogP contribution is 2.27. The summed E-state index contributed by atoms with van der Waals surface area (Å²) in [6.45, 7) is 1.19. The number of benzene rings is 1. The van der Waals surface area contributed by atoms with E-state index in [1.807, 2.05) is 23.1 Å². The molecule has 25 heavy (non-hydrogen) atoms. The number of piperidine rings is 1. The molecule has 2 aliphatic rings. The van der Waals surface area contributed by atoms with Crippen LogP contribution in [-0.4, -0.2) is 47.9 Å². The SMILES string of the molecule is COc1ccc2[nH]cc(C(=O)N3CCCC(C(=O)NC4CC4)C3)c2c1. The van der Waals surface area contributed by atoms with Crippen molar-refractivity contribution >= 4 is 22.7 Å². The highest BCUT2D eigenvalue weighted by molar-refractivity contribution is 6.07. The molecule has 2 N–H and O–H groups in total. The van der Waals surface area contributed by atoms with E-state index in [1.54, 1.807) is 13.3 Å². The summed E-state index contributed by atoms with van der Waals surface area (Å²) < 4.78 is 5.27. The highest BCUT2D eigenvalue weighted by Gasteiger charge is 2.32. The molecular weight excluding hydrogens is 318 g/mol. The van der Waals surface area contributed by atoms with Gasteiger partial charge in [-0.1, -0.05) is 0 Å². The van der Waals surface area contributed by atoms with E-state index < -0.39 is 0 Å². The number of carbonyl (C=O) groups is 2. The number of nitrogens with zero attached hydrogens (tertiary/aromatic N) is 1. The Morgan fingerprint density at radius 1 is 1.28 bits per heavy atom. The largest absolute Gasteiger partial charge is 0.497 e. The molecule has 132 valence electrons. The fourth-order valence-corrected chi connectivity index (χ4v) is 3.50. The maximum absolute atomic E-state index is 13.0. The number of nitrogens with one attached hydrogen (secondary N) is 2. The molecule has 1 aromatic heterocycles. The Labute approximate surface area is 146 Å². The Hall–Kier alpha value is -2.50. The number of hydrogen-bond acceptors (Lipinski definition) is 3. The van der Waals surface area contributed by atoms with E-state index in [1.165, 1.54) is 0 Å². The molecule has 0 radical (unpaired) electrons. The normalized spacial score (nSPS) is 20.5. The van der Waals surface area contributed by atoms with Gasteiger partial charge in [0.2, 0.25) is 5.91 Å². The van der Waals surface area contributed by atoms with E-state index in [0.29, 0.717) is 24.7 Å². The summed E-state index contributed by atoms with van der Waals surface area (Å²) in [7, 11) is 1.61. The third kappa shape index (κ3) is 3.21. The lowest BCUT2D eigenvalue weighted by atomic mass is 9.96. The van der Waals surface area contributed by atoms with Crippen LogP contribution >= 0.6 is 0 Å². The second kappa shape index (κ2) is 6.43. The Morgan fingerprint density at radius 2 is 2.12 bits per heavy atom. The van der Waals surface area contributed by atoms with E-state index in [9.17, 15) is 9.59 Å². The number of methoxy groups -OCH3 is 1. The van der Waals surface area contributed by atoms with Crippen molar-refractivity contribution in [3.05, 3.63) is 30.0 Å². The second-order valence-electron chi connectivity index (χ2n) is 6.99. The number of rotatable bonds is 4. The first-order chi connectivity index (χ1) is 12.2. The van der Waals surface area contributed by atoms with Gasteiger partial charge in [-0.2, -0.15) is 0 Å². The summed E-state index contributed by atoms with van der Waals surface area (Å²) in [5.74, 6) is 0.698. The number of hydrogen-bond donors (Lipinski definition) is 2. The number of fused-ring (bicyclic) bond motifs is 1. The first kappa shape index (κ1) is 16.0. The molecule has 6 heteroatoms. The van der Waals surface area contributed by atoms with Crippen LogP contribution < -0.4 is 10.1 Å². The van der Waals surface area contributed by atoms with Crippen molar-refractivity contribution in [3.8, 4) is 5.75 Å². The van der Waals surface area contributed by atoms with Crippen LogP contribution in [0.15, 0.2) is 24.4 Å². The maximum Gasteiger partial charge on any atom is 0.256 e. The molecule has 2 fully saturated rings. The van der Waals surface area contributed by atoms with Crippen LogP contribution in [-0.2, 0) is 4.79 Å². The molecule has 4 rings (SSSR count). The molecule has 1 saturated carbocycles. The quantitative estimate of drug-likeness (QED) is 0.896. The van der Waals surface area contributed by atoms with E-state index >= 15 is 0 Å². The number of ether oxygens (including phenoxy) is 1. The molecule has 0 bridgehead atoms. The minimum atomic E-state index is -0.0990. The summed E-state index contributed by atoms with van der Waals surface area (Å²) in [5, 5.41) is 3.92. The molecule has 2 heterocycles. The fraction of sp³-hybridized carbons (Fsp3) is 0.474. The van der Waals surface area contributed by atoms with Gasteiger partial charge in [0, 0.05) is 36.2 Å². The van der Waals surface area contributed by atoms with Crippen LogP contribution in [0, 0.1) is 5.92 Å². The predicted molar refractivity (Wildman–Crippen MR) is 94.6 cm³/mol. The van der Waals surface area contributed by atoms with Crippen LogP contribution in [0.25, 0.3) is 10.9 Å². The Kier molecular flexibility index (Phi) is 4.11. The standard InChI is InChI=1S/C19H23N3O3/c1-25-14-6-7-17-15(9-14)16(10-20-17)19(24)22-8-2-3-12(11-22)18(23)21-13-4-5-13/h6-7,9-10,12-13,20H,2-5,8,11H2,1H3,(H,21,23). The topological polar surface area (TPSA) is 74.4 Å². The van der Waals surface area contributed by atoms with Gasteiger partial charge in [0.15, 0.2) is 0 Å². The van der Waals surface area contributed by atoms with Gasteiger partial charge in [0.25, 0.3) is 5.91 Å². The van der Waals surface area contributed by atoms with E-state index in [0.717, 1.165) is 42.3 Å². The van der Waals surface area contributed by atoms with Gasteiger partial charge in [0.05, 0.1) is 18.6 Å². The predicted octanol–water partition coefficient (Wildman–Crippen LogP) is 2.31. The first-order valence-electron chi connectivity index (χ1n) is 8.90. The van der Waals surface area contributed by atoms with Crippen molar-refractivity contribution in [1.29, 1.82) is 0 Å². The monoisotopic (exact) mass is 341 g/mol. The van der Waals surface area contributed by atoms with Crippen molar-refractivity contribution in [3.63, 3.8) is 0 Å². The van der Waals surface area contributed by atoms with Gasteiger partial charge in [-0.25, -0.2) is 0 Å². The van der Waals surface area contributed by atoms with Gasteiger partial charge in [-0.15, -0.1) is 0 Å². The zero-order valence-electron chi connectivity index (χ0n) is 14.4. The lowest BCUT2D eigenvalue weighted by molar-refractivity contribution is -0.126. The van der Waals surface area contributed by atoms with E-state index in [4.69, 9.17) is 4.74 Å². The van der Waals surface area contributed by atoms with Gasteiger partial charge < -0.3 is 19.9 Å². The smallest absolute Gasteiger partial charge is 0.256 e. The molecule has 2 aromatic rings. The van der Waals surface area contributed by atoms with Crippen LogP contribution in [0.1, 0.15) is 36.0 Å². The maximum atomic E-state index is 13.0.